The van der Waals surface area contributed by atoms with Gasteiger partial charge in [0.15, 0.2) is 0 Å². The van der Waals surface area contributed by atoms with Gasteiger partial charge < -0.3 is 4.74 Å². The fourth-order valence-electron chi connectivity index (χ4n) is 1.76. The number of carbonyl (C=O) groups is 1. The molecule has 0 aliphatic carbocycles. The normalized spacial score (nSPS) is 28.4. The molecule has 1 fully saturated rings. The van der Waals surface area contributed by atoms with Crippen LogP contribution < -0.4 is 0 Å². The Morgan fingerprint density at radius 1 is 1.69 bits per heavy atom. The lowest BCUT2D eigenvalue weighted by molar-refractivity contribution is -0.128. The van der Waals surface area contributed by atoms with Gasteiger partial charge in [-0.3, -0.25) is 4.79 Å². The molecule has 0 N–H and O–H groups in total. The lowest BCUT2D eigenvalue weighted by Gasteiger charge is -2.06. The summed E-state index contributed by atoms with van der Waals surface area (Å²) in [6.45, 7) is 4.17. The van der Waals surface area contributed by atoms with Crippen molar-refractivity contribution in [1.29, 1.82) is 0 Å². The summed E-state index contributed by atoms with van der Waals surface area (Å²) in [6, 6.07) is 0. The first kappa shape index (κ1) is 8.69. The van der Waals surface area contributed by atoms with Gasteiger partial charge in [-0.2, -0.15) is 5.10 Å². The van der Waals surface area contributed by atoms with Crippen molar-refractivity contribution in [2.45, 2.75) is 19.8 Å². The van der Waals surface area contributed by atoms with Crippen molar-refractivity contribution in [2.24, 2.45) is 11.0 Å². The molecule has 0 bridgehead atoms. The summed E-state index contributed by atoms with van der Waals surface area (Å²) in [6.07, 6.45) is 1.52. The van der Waals surface area contributed by atoms with Gasteiger partial charge in [0.1, 0.15) is 0 Å². The third-order valence-electron chi connectivity index (χ3n) is 2.57. The number of rotatable bonds is 2. The van der Waals surface area contributed by atoms with E-state index in [2.05, 4.69) is 5.10 Å². The highest BCUT2D eigenvalue weighted by molar-refractivity contribution is 6.06. The van der Waals surface area contributed by atoms with Crippen molar-refractivity contribution in [3.05, 3.63) is 0 Å². The van der Waals surface area contributed by atoms with Crippen LogP contribution in [0.1, 0.15) is 19.8 Å². The van der Waals surface area contributed by atoms with Crippen LogP contribution in [0.5, 0.6) is 0 Å². The average molecular weight is 182 g/mol. The zero-order chi connectivity index (χ0) is 9.26. The monoisotopic (exact) mass is 182 g/mol. The van der Waals surface area contributed by atoms with Gasteiger partial charge in [-0.25, -0.2) is 5.01 Å². The minimum atomic E-state index is 0.129. The van der Waals surface area contributed by atoms with Gasteiger partial charge in [0.25, 0.3) is 0 Å². The molecule has 4 heteroatoms. The molecule has 1 amide bonds. The van der Waals surface area contributed by atoms with Crippen molar-refractivity contribution in [3.63, 3.8) is 0 Å². The SMILES string of the molecule is CCN1N=C(C2CCOC2)CC1=O. The van der Waals surface area contributed by atoms with Gasteiger partial charge in [0, 0.05) is 19.1 Å². The van der Waals surface area contributed by atoms with Crippen LogP contribution in [0.2, 0.25) is 0 Å². The summed E-state index contributed by atoms with van der Waals surface area (Å²) < 4.78 is 5.26. The van der Waals surface area contributed by atoms with E-state index in [0.29, 0.717) is 18.9 Å². The summed E-state index contributed by atoms with van der Waals surface area (Å²) in [4.78, 5) is 11.3. The molecule has 2 aliphatic rings. The van der Waals surface area contributed by atoms with E-state index in [1.165, 1.54) is 0 Å². The maximum Gasteiger partial charge on any atom is 0.248 e. The molecule has 1 atom stereocenters. The molecule has 0 aromatic heterocycles. The molecule has 1 saturated heterocycles. The minimum Gasteiger partial charge on any atom is -0.381 e. The number of nitrogens with zero attached hydrogens (tertiary/aromatic N) is 2. The maximum atomic E-state index is 11.3. The third-order valence-corrected chi connectivity index (χ3v) is 2.57. The molecule has 72 valence electrons. The van der Waals surface area contributed by atoms with Gasteiger partial charge in [-0.05, 0) is 13.3 Å². The predicted molar refractivity (Wildman–Crippen MR) is 48.4 cm³/mol. The molecule has 0 aromatic carbocycles. The fourth-order valence-corrected chi connectivity index (χ4v) is 1.76. The molecule has 1 unspecified atom stereocenters. The van der Waals surface area contributed by atoms with E-state index in [-0.39, 0.29) is 5.91 Å². The molecule has 2 aliphatic heterocycles. The Kier molecular flexibility index (Phi) is 2.31. The average Bonchev–Trinajstić information content (AvgIpc) is 2.71. The molecular formula is C9H14N2O2. The summed E-state index contributed by atoms with van der Waals surface area (Å²) in [5.41, 5.74) is 1.02. The van der Waals surface area contributed by atoms with E-state index in [9.17, 15) is 4.79 Å². The molecule has 0 saturated carbocycles. The van der Waals surface area contributed by atoms with Gasteiger partial charge >= 0.3 is 0 Å². The van der Waals surface area contributed by atoms with Crippen LogP contribution in [0.15, 0.2) is 5.10 Å². The summed E-state index contributed by atoms with van der Waals surface area (Å²) in [5, 5.41) is 5.84. The van der Waals surface area contributed by atoms with E-state index in [0.717, 1.165) is 25.3 Å². The molecule has 0 spiro atoms. The standard InChI is InChI=1S/C9H14N2O2/c1-2-11-9(12)5-8(10-11)7-3-4-13-6-7/h7H,2-6H2,1H3. The Labute approximate surface area is 77.5 Å². The van der Waals surface area contributed by atoms with Crippen LogP contribution in [-0.2, 0) is 9.53 Å². The van der Waals surface area contributed by atoms with Crippen LogP contribution in [0.25, 0.3) is 0 Å². The Balaban J connectivity index is 2.04. The Morgan fingerprint density at radius 2 is 2.54 bits per heavy atom. The van der Waals surface area contributed by atoms with Gasteiger partial charge in [-0.1, -0.05) is 0 Å². The first-order valence-corrected chi connectivity index (χ1v) is 4.76. The second-order valence-corrected chi connectivity index (χ2v) is 3.44. The molecule has 2 rings (SSSR count). The lowest BCUT2D eigenvalue weighted by atomic mass is 10.0. The van der Waals surface area contributed by atoms with Crippen molar-refractivity contribution in [1.82, 2.24) is 5.01 Å². The van der Waals surface area contributed by atoms with Crippen LogP contribution in [0, 0.1) is 5.92 Å². The van der Waals surface area contributed by atoms with E-state index >= 15 is 0 Å². The van der Waals surface area contributed by atoms with Crippen LogP contribution in [0.4, 0.5) is 0 Å². The van der Waals surface area contributed by atoms with Gasteiger partial charge in [-0.15, -0.1) is 0 Å². The number of ether oxygens (including phenoxy) is 1. The van der Waals surface area contributed by atoms with Crippen molar-refractivity contribution in [2.75, 3.05) is 19.8 Å². The largest absolute Gasteiger partial charge is 0.381 e. The lowest BCUT2D eigenvalue weighted by Crippen LogP contribution is -2.19. The number of hydrogen-bond acceptors (Lipinski definition) is 3. The van der Waals surface area contributed by atoms with Crippen LogP contribution >= 0.6 is 0 Å². The molecule has 0 radical (unpaired) electrons. The van der Waals surface area contributed by atoms with E-state index in [4.69, 9.17) is 4.74 Å². The number of hydrazone groups is 1. The second kappa shape index (κ2) is 3.46. The molecule has 2 heterocycles. The Hall–Kier alpha value is -0.900. The minimum absolute atomic E-state index is 0.129. The number of hydrogen-bond donors (Lipinski definition) is 0. The van der Waals surface area contributed by atoms with E-state index in [1.807, 2.05) is 6.92 Å². The first-order chi connectivity index (χ1) is 6.31. The second-order valence-electron chi connectivity index (χ2n) is 3.44. The zero-order valence-electron chi connectivity index (χ0n) is 7.82. The van der Waals surface area contributed by atoms with Crippen LogP contribution in [0.3, 0.4) is 0 Å². The molecule has 4 nitrogen and oxygen atoms in total. The maximum absolute atomic E-state index is 11.3. The van der Waals surface area contributed by atoms with Crippen molar-refractivity contribution in [3.8, 4) is 0 Å². The smallest absolute Gasteiger partial charge is 0.248 e. The number of amides is 1. The molecule has 13 heavy (non-hydrogen) atoms. The quantitative estimate of drug-likeness (QED) is 0.628. The summed E-state index contributed by atoms with van der Waals surface area (Å²) >= 11 is 0. The molecule has 0 aromatic rings. The summed E-state index contributed by atoms with van der Waals surface area (Å²) in [7, 11) is 0. The zero-order valence-corrected chi connectivity index (χ0v) is 7.82. The highest BCUT2D eigenvalue weighted by Crippen LogP contribution is 2.21. The third kappa shape index (κ3) is 1.58. The fraction of sp³-hybridized carbons (Fsp3) is 0.778. The topological polar surface area (TPSA) is 41.9 Å². The van der Waals surface area contributed by atoms with E-state index in [1.54, 1.807) is 5.01 Å². The Bertz CT molecular complexity index is 244. The first-order valence-electron chi connectivity index (χ1n) is 4.76. The van der Waals surface area contributed by atoms with Crippen molar-refractivity contribution >= 4 is 11.6 Å². The predicted octanol–water partition coefficient (Wildman–Crippen LogP) is 0.631. The van der Waals surface area contributed by atoms with Crippen molar-refractivity contribution < 1.29 is 9.53 Å². The van der Waals surface area contributed by atoms with E-state index < -0.39 is 0 Å². The number of carbonyl (C=O) groups excluding carboxylic acids is 1. The van der Waals surface area contributed by atoms with Gasteiger partial charge in [0.05, 0.1) is 18.7 Å². The summed E-state index contributed by atoms with van der Waals surface area (Å²) in [5.74, 6) is 0.518. The highest BCUT2D eigenvalue weighted by Gasteiger charge is 2.30. The highest BCUT2D eigenvalue weighted by atomic mass is 16.5. The van der Waals surface area contributed by atoms with Crippen LogP contribution in [-0.4, -0.2) is 36.4 Å². The Morgan fingerprint density at radius 3 is 3.08 bits per heavy atom. The molecular weight excluding hydrogens is 168 g/mol. The van der Waals surface area contributed by atoms with Gasteiger partial charge in [0.2, 0.25) is 5.91 Å².